The first kappa shape index (κ1) is 42.8. The molecule has 0 amide bonds. The topological polar surface area (TPSA) is 81.2 Å². The highest BCUT2D eigenvalue weighted by Gasteiger charge is 2.25. The molecule has 0 atom stereocenters. The van der Waals surface area contributed by atoms with Crippen LogP contribution < -0.4 is 0 Å². The van der Waals surface area contributed by atoms with Gasteiger partial charge in [0.25, 0.3) is 0 Å². The SMILES string of the molecule is CCP(=O)(CC)CCN1CCN(CCP(=O)(CC)CC)CCN(CCP(=O)(CC)CC)CCN(CCP(=O)(CC)CC)CC1. The molecule has 0 aliphatic carbocycles. The molecule has 1 fully saturated rings. The second-order valence-corrected chi connectivity index (χ2v) is 28.3. The lowest BCUT2D eigenvalue weighted by Crippen LogP contribution is -2.47. The van der Waals surface area contributed by atoms with Crippen molar-refractivity contribution in [3.63, 3.8) is 0 Å². The van der Waals surface area contributed by atoms with Crippen molar-refractivity contribution in [2.45, 2.75) is 55.4 Å². The van der Waals surface area contributed by atoms with E-state index in [9.17, 15) is 18.3 Å². The molecule has 0 bridgehead atoms. The van der Waals surface area contributed by atoms with Gasteiger partial charge in [-0.15, -0.1) is 0 Å². The predicted molar refractivity (Wildman–Crippen MR) is 200 cm³/mol. The Hall–Kier alpha value is 0.760. The first-order valence-electron chi connectivity index (χ1n) is 18.0. The standard InChI is InChI=1S/C32H72N4O4P4/c1-9-41(37,10-2)29-25-33-17-19-34(26-30-42(38,11-3)12-4)21-23-36(28-32-44(40,15-7)16-8)24-22-35(20-18-33)27-31-43(39,13-5)14-6/h9-32H2,1-8H3. The summed E-state index contributed by atoms with van der Waals surface area (Å²) in [5.74, 6) is 0. The zero-order chi connectivity index (χ0) is 33.3. The molecule has 0 aromatic carbocycles. The number of nitrogens with zero attached hydrogens (tertiary/aromatic N) is 4. The molecule has 0 saturated carbocycles. The van der Waals surface area contributed by atoms with Crippen molar-refractivity contribution < 1.29 is 18.3 Å². The Morgan fingerprint density at radius 2 is 0.455 bits per heavy atom. The van der Waals surface area contributed by atoms with Gasteiger partial charge in [-0.2, -0.15) is 0 Å². The Kier molecular flexibility index (Phi) is 21.1. The molecule has 12 heteroatoms. The first-order chi connectivity index (χ1) is 20.8. The lowest BCUT2D eigenvalue weighted by atomic mass is 10.3. The van der Waals surface area contributed by atoms with Crippen LogP contribution in [0.5, 0.6) is 0 Å². The summed E-state index contributed by atoms with van der Waals surface area (Å²) < 4.78 is 53.3. The van der Waals surface area contributed by atoms with E-state index in [-0.39, 0.29) is 0 Å². The van der Waals surface area contributed by atoms with Gasteiger partial charge in [-0.1, -0.05) is 55.4 Å². The molecule has 264 valence electrons. The van der Waals surface area contributed by atoms with Crippen LogP contribution in [0, 0.1) is 0 Å². The normalized spacial score (nSPS) is 18.7. The molecule has 0 aromatic heterocycles. The van der Waals surface area contributed by atoms with Crippen molar-refractivity contribution >= 4 is 28.6 Å². The fourth-order valence-electron chi connectivity index (χ4n) is 5.93. The first-order valence-corrected chi connectivity index (χ1v) is 27.0. The van der Waals surface area contributed by atoms with Gasteiger partial charge in [-0.3, -0.25) is 0 Å². The Morgan fingerprint density at radius 3 is 0.568 bits per heavy atom. The molecule has 8 nitrogen and oxygen atoms in total. The number of hydrogen-bond acceptors (Lipinski definition) is 8. The quantitative estimate of drug-likeness (QED) is 0.128. The average molecular weight is 701 g/mol. The smallest absolute Gasteiger partial charge is 0.0884 e. The number of rotatable bonds is 20. The van der Waals surface area contributed by atoms with Gasteiger partial charge in [0.15, 0.2) is 0 Å². The maximum absolute atomic E-state index is 13.3. The third-order valence-corrected chi connectivity index (χ3v) is 24.1. The third kappa shape index (κ3) is 15.8. The monoisotopic (exact) mass is 700 g/mol. The van der Waals surface area contributed by atoms with Crippen LogP contribution in [0.15, 0.2) is 0 Å². The van der Waals surface area contributed by atoms with Crippen LogP contribution in [0.25, 0.3) is 0 Å². The zero-order valence-corrected chi connectivity index (χ0v) is 33.8. The Balaban J connectivity index is 3.23. The van der Waals surface area contributed by atoms with Crippen molar-refractivity contribution in [1.29, 1.82) is 0 Å². The van der Waals surface area contributed by atoms with Gasteiger partial charge in [0.2, 0.25) is 0 Å². The molecule has 1 aliphatic rings. The van der Waals surface area contributed by atoms with Gasteiger partial charge in [0.1, 0.15) is 0 Å². The van der Waals surface area contributed by atoms with E-state index in [4.69, 9.17) is 0 Å². The zero-order valence-electron chi connectivity index (χ0n) is 30.2. The Bertz CT molecular complexity index is 782. The van der Waals surface area contributed by atoms with Crippen LogP contribution in [0.1, 0.15) is 55.4 Å². The molecule has 0 aromatic rings. The summed E-state index contributed by atoms with van der Waals surface area (Å²) in [7, 11) is -8.53. The summed E-state index contributed by atoms with van der Waals surface area (Å²) in [6.45, 7) is 27.2. The van der Waals surface area contributed by atoms with E-state index in [0.717, 1.165) is 152 Å². The van der Waals surface area contributed by atoms with Crippen molar-refractivity contribution in [3.05, 3.63) is 0 Å². The Labute approximate surface area is 273 Å². The second kappa shape index (κ2) is 21.7. The van der Waals surface area contributed by atoms with Crippen LogP contribution in [0.3, 0.4) is 0 Å². The summed E-state index contributed by atoms with van der Waals surface area (Å²) in [5.41, 5.74) is 0. The van der Waals surface area contributed by atoms with Crippen LogP contribution in [-0.4, -0.2) is 172 Å². The van der Waals surface area contributed by atoms with E-state index in [1.807, 2.05) is 0 Å². The van der Waals surface area contributed by atoms with Crippen LogP contribution in [0.2, 0.25) is 0 Å². The highest BCUT2D eigenvalue weighted by Crippen LogP contribution is 2.46. The Morgan fingerprint density at radius 1 is 0.318 bits per heavy atom. The third-order valence-electron chi connectivity index (χ3n) is 10.8. The maximum atomic E-state index is 13.3. The lowest BCUT2D eigenvalue weighted by molar-refractivity contribution is 0.143. The predicted octanol–water partition coefficient (Wildman–Crippen LogP) is 6.82. The van der Waals surface area contributed by atoms with Crippen molar-refractivity contribution in [3.8, 4) is 0 Å². The summed E-state index contributed by atoms with van der Waals surface area (Å²) in [6, 6.07) is 0. The summed E-state index contributed by atoms with van der Waals surface area (Å²) >= 11 is 0. The molecule has 1 saturated heterocycles. The summed E-state index contributed by atoms with van der Waals surface area (Å²) in [4.78, 5) is 10.0. The van der Waals surface area contributed by atoms with Crippen LogP contribution >= 0.6 is 28.6 Å². The van der Waals surface area contributed by atoms with Gasteiger partial charge in [-0.05, 0) is 49.3 Å². The van der Waals surface area contributed by atoms with E-state index >= 15 is 0 Å². The van der Waals surface area contributed by atoms with Crippen molar-refractivity contribution in [1.82, 2.24) is 19.6 Å². The maximum Gasteiger partial charge on any atom is 0.0884 e. The lowest BCUT2D eigenvalue weighted by Gasteiger charge is -2.35. The van der Waals surface area contributed by atoms with Crippen molar-refractivity contribution in [2.24, 2.45) is 0 Å². The van der Waals surface area contributed by atoms with E-state index in [1.165, 1.54) is 0 Å². The molecule has 1 rings (SSSR count). The van der Waals surface area contributed by atoms with E-state index in [2.05, 4.69) is 75.0 Å². The minimum absolute atomic E-state index is 0.765. The van der Waals surface area contributed by atoms with Gasteiger partial charge < -0.3 is 37.9 Å². The average Bonchev–Trinajstić information content (AvgIpc) is 3.05. The van der Waals surface area contributed by atoms with Gasteiger partial charge in [0, 0.05) is 103 Å². The summed E-state index contributed by atoms with van der Waals surface area (Å²) in [5, 5.41) is 0. The number of hydrogen-bond donors (Lipinski definition) is 0. The fourth-order valence-corrected chi connectivity index (χ4v) is 12.8. The molecular weight excluding hydrogens is 628 g/mol. The molecule has 0 N–H and O–H groups in total. The molecule has 44 heavy (non-hydrogen) atoms. The van der Waals surface area contributed by atoms with E-state index in [1.54, 1.807) is 0 Å². The van der Waals surface area contributed by atoms with E-state index < -0.39 is 28.6 Å². The molecule has 1 aliphatic heterocycles. The largest absolute Gasteiger partial charge is 0.324 e. The fraction of sp³-hybridized carbons (Fsp3) is 1.00. The molecule has 0 spiro atoms. The van der Waals surface area contributed by atoms with Crippen LogP contribution in [-0.2, 0) is 18.3 Å². The minimum Gasteiger partial charge on any atom is -0.324 e. The highest BCUT2D eigenvalue weighted by molar-refractivity contribution is 7.64. The van der Waals surface area contributed by atoms with Gasteiger partial charge in [-0.25, -0.2) is 0 Å². The second-order valence-electron chi connectivity index (χ2n) is 13.0. The van der Waals surface area contributed by atoms with Gasteiger partial charge >= 0.3 is 0 Å². The molecule has 1 heterocycles. The van der Waals surface area contributed by atoms with Gasteiger partial charge in [0.05, 0.1) is 28.6 Å². The molecule has 0 unspecified atom stereocenters. The minimum atomic E-state index is -2.13. The molecule has 0 radical (unpaired) electrons. The van der Waals surface area contributed by atoms with Crippen LogP contribution in [0.4, 0.5) is 0 Å². The summed E-state index contributed by atoms with van der Waals surface area (Å²) in [6.07, 6.45) is 9.19. The molecular formula is C32H72N4O4P4. The van der Waals surface area contributed by atoms with E-state index in [0.29, 0.717) is 0 Å². The highest BCUT2D eigenvalue weighted by atomic mass is 31.2. The van der Waals surface area contributed by atoms with Crippen molar-refractivity contribution in [2.75, 3.05) is 152 Å².